The molecule has 0 bridgehead atoms. The number of rotatable bonds is 7. The summed E-state index contributed by atoms with van der Waals surface area (Å²) in [5, 5.41) is 11.8. The average molecular weight is 452 g/mol. The fraction of sp³-hybridized carbons (Fsp3) is 0.174. The molecule has 0 saturated carbocycles. The third-order valence-electron chi connectivity index (χ3n) is 4.81. The molecule has 1 amide bonds. The number of hydrogen-bond donors (Lipinski definition) is 1. The summed E-state index contributed by atoms with van der Waals surface area (Å²) in [6.07, 6.45) is 0. The van der Waals surface area contributed by atoms with Crippen molar-refractivity contribution in [3.63, 3.8) is 0 Å². The van der Waals surface area contributed by atoms with Gasteiger partial charge in [-0.1, -0.05) is 35.4 Å². The van der Waals surface area contributed by atoms with Gasteiger partial charge in [0.05, 0.1) is 10.1 Å². The highest BCUT2D eigenvalue weighted by Gasteiger charge is 2.19. The highest BCUT2D eigenvalue weighted by Crippen LogP contribution is 2.24. The van der Waals surface area contributed by atoms with E-state index in [1.165, 1.54) is 12.1 Å². The van der Waals surface area contributed by atoms with Gasteiger partial charge >= 0.3 is 6.01 Å². The van der Waals surface area contributed by atoms with Crippen molar-refractivity contribution in [2.75, 3.05) is 11.9 Å². The normalized spacial score (nSPS) is 11.6. The van der Waals surface area contributed by atoms with Gasteiger partial charge in [-0.25, -0.2) is 8.42 Å². The van der Waals surface area contributed by atoms with Crippen LogP contribution < -0.4 is 10.1 Å². The zero-order chi connectivity index (χ0) is 22.7. The van der Waals surface area contributed by atoms with Gasteiger partial charge in [-0.2, -0.15) is 0 Å². The fourth-order valence-corrected chi connectivity index (χ4v) is 4.07. The average Bonchev–Trinajstić information content (AvgIpc) is 3.26. The summed E-state index contributed by atoms with van der Waals surface area (Å²) in [7, 11) is -3.37. The smallest absolute Gasteiger partial charge is 0.322 e. The topological polar surface area (TPSA) is 111 Å². The van der Waals surface area contributed by atoms with Crippen molar-refractivity contribution in [2.45, 2.75) is 24.0 Å². The lowest BCUT2D eigenvalue weighted by Gasteiger charge is -2.07. The number of ether oxygens (including phenoxy) is 1. The summed E-state index contributed by atoms with van der Waals surface area (Å²) in [5.41, 5.74) is 0.535. The molecular weight excluding hydrogens is 430 g/mol. The molecule has 0 aliphatic heterocycles. The summed E-state index contributed by atoms with van der Waals surface area (Å²) in [5.74, 6) is 0.275. The molecule has 0 aliphatic rings. The van der Waals surface area contributed by atoms with Crippen molar-refractivity contribution in [1.29, 1.82) is 0 Å². The minimum Gasteiger partial charge on any atom is -0.484 e. The second-order valence-electron chi connectivity index (χ2n) is 7.38. The van der Waals surface area contributed by atoms with Gasteiger partial charge in [0, 0.05) is 5.56 Å². The number of aromatic nitrogens is 2. The van der Waals surface area contributed by atoms with Crippen molar-refractivity contribution in [2.24, 2.45) is 0 Å². The molecule has 0 radical (unpaired) electrons. The summed E-state index contributed by atoms with van der Waals surface area (Å²) in [4.78, 5) is 12.4. The Morgan fingerprint density at radius 3 is 2.44 bits per heavy atom. The number of anilines is 1. The maximum atomic E-state index is 12.2. The van der Waals surface area contributed by atoms with E-state index >= 15 is 0 Å². The quantitative estimate of drug-likeness (QED) is 0.450. The van der Waals surface area contributed by atoms with Crippen LogP contribution in [0.25, 0.3) is 22.2 Å². The van der Waals surface area contributed by atoms with Crippen LogP contribution in [0.15, 0.2) is 76.0 Å². The minimum absolute atomic E-state index is 0.0778. The monoisotopic (exact) mass is 451 g/mol. The van der Waals surface area contributed by atoms with E-state index in [4.69, 9.17) is 9.15 Å². The summed E-state index contributed by atoms with van der Waals surface area (Å²) < 4.78 is 35.5. The van der Waals surface area contributed by atoms with E-state index in [1.807, 2.05) is 36.4 Å². The molecule has 164 valence electrons. The predicted octanol–water partition coefficient (Wildman–Crippen LogP) is 4.09. The molecule has 0 saturated heterocycles. The first-order chi connectivity index (χ1) is 15.3. The molecule has 0 spiro atoms. The lowest BCUT2D eigenvalue weighted by Crippen LogP contribution is -2.20. The Hall–Kier alpha value is -3.72. The van der Waals surface area contributed by atoms with E-state index in [1.54, 1.807) is 32.0 Å². The molecule has 4 rings (SSSR count). The summed E-state index contributed by atoms with van der Waals surface area (Å²) in [6.45, 7) is 3.03. The molecule has 0 fully saturated rings. The van der Waals surface area contributed by atoms with Gasteiger partial charge in [-0.05, 0) is 61.0 Å². The molecule has 0 atom stereocenters. The lowest BCUT2D eigenvalue weighted by molar-refractivity contribution is -0.118. The summed E-state index contributed by atoms with van der Waals surface area (Å²) >= 11 is 0. The Kier molecular flexibility index (Phi) is 5.91. The Balaban J connectivity index is 1.37. The Morgan fingerprint density at radius 2 is 1.72 bits per heavy atom. The Bertz CT molecular complexity index is 1360. The molecule has 8 nitrogen and oxygen atoms in total. The maximum absolute atomic E-state index is 12.2. The molecule has 1 aromatic heterocycles. The number of fused-ring (bicyclic) bond motifs is 1. The molecule has 32 heavy (non-hydrogen) atoms. The molecule has 0 unspecified atom stereocenters. The van der Waals surface area contributed by atoms with Crippen LogP contribution in [-0.2, 0) is 14.6 Å². The van der Waals surface area contributed by atoms with Gasteiger partial charge in [-0.15, -0.1) is 5.10 Å². The van der Waals surface area contributed by atoms with E-state index in [0.717, 1.165) is 10.8 Å². The summed E-state index contributed by atoms with van der Waals surface area (Å²) in [6, 6.07) is 19.5. The zero-order valence-electron chi connectivity index (χ0n) is 17.5. The number of amides is 1. The van der Waals surface area contributed by atoms with E-state index in [9.17, 15) is 13.2 Å². The molecule has 1 N–H and O–H groups in total. The van der Waals surface area contributed by atoms with Gasteiger partial charge in [0.2, 0.25) is 5.89 Å². The van der Waals surface area contributed by atoms with Crippen molar-refractivity contribution < 1.29 is 22.4 Å². The van der Waals surface area contributed by atoms with Gasteiger partial charge in [0.25, 0.3) is 5.91 Å². The van der Waals surface area contributed by atoms with Crippen molar-refractivity contribution in [1.82, 2.24) is 10.2 Å². The second-order valence-corrected chi connectivity index (χ2v) is 9.88. The number of sulfone groups is 1. The number of nitrogens with zero attached hydrogens (tertiary/aromatic N) is 2. The van der Waals surface area contributed by atoms with Crippen LogP contribution in [0, 0.1) is 0 Å². The molecule has 9 heteroatoms. The highest BCUT2D eigenvalue weighted by molar-refractivity contribution is 7.92. The number of hydrogen-bond acceptors (Lipinski definition) is 7. The first kappa shape index (κ1) is 21.5. The van der Waals surface area contributed by atoms with Crippen LogP contribution in [-0.4, -0.2) is 36.4 Å². The van der Waals surface area contributed by atoms with Gasteiger partial charge < -0.3 is 9.15 Å². The van der Waals surface area contributed by atoms with Crippen LogP contribution in [0.5, 0.6) is 5.75 Å². The number of carbonyl (C=O) groups excluding carboxylic acids is 1. The third kappa shape index (κ3) is 4.62. The van der Waals surface area contributed by atoms with Crippen LogP contribution in [0.1, 0.15) is 13.8 Å². The van der Waals surface area contributed by atoms with E-state index in [2.05, 4.69) is 15.5 Å². The zero-order valence-corrected chi connectivity index (χ0v) is 18.3. The van der Waals surface area contributed by atoms with Crippen LogP contribution in [0.2, 0.25) is 0 Å². The molecular formula is C23H21N3O5S. The van der Waals surface area contributed by atoms with Crippen LogP contribution >= 0.6 is 0 Å². The molecule has 0 aliphatic carbocycles. The van der Waals surface area contributed by atoms with Crippen molar-refractivity contribution in [3.8, 4) is 17.2 Å². The second kappa shape index (κ2) is 8.80. The van der Waals surface area contributed by atoms with Crippen molar-refractivity contribution in [3.05, 3.63) is 66.7 Å². The first-order valence-electron chi connectivity index (χ1n) is 9.92. The van der Waals surface area contributed by atoms with E-state index in [0.29, 0.717) is 11.3 Å². The Labute approximate surface area is 185 Å². The number of nitrogens with one attached hydrogen (secondary N) is 1. The maximum Gasteiger partial charge on any atom is 0.322 e. The predicted molar refractivity (Wildman–Crippen MR) is 120 cm³/mol. The van der Waals surface area contributed by atoms with E-state index in [-0.39, 0.29) is 23.4 Å². The fourth-order valence-electron chi connectivity index (χ4n) is 3.01. The lowest BCUT2D eigenvalue weighted by atomic mass is 10.1. The largest absolute Gasteiger partial charge is 0.484 e. The van der Waals surface area contributed by atoms with E-state index < -0.39 is 21.0 Å². The SMILES string of the molecule is CC(C)S(=O)(=O)c1ccc(-c2nnc(NC(=O)COc3ccc4ccccc4c3)o2)cc1. The molecule has 3 aromatic carbocycles. The standard InChI is InChI=1S/C23H21N3O5S/c1-15(2)32(28,29)20-11-8-17(9-12-20)22-25-26-23(31-22)24-21(27)14-30-19-10-7-16-5-3-4-6-18(16)13-19/h3-13,15H,14H2,1-2H3,(H,24,26,27). The van der Waals surface area contributed by atoms with Gasteiger partial charge in [0.15, 0.2) is 16.4 Å². The molecule has 4 aromatic rings. The van der Waals surface area contributed by atoms with Crippen molar-refractivity contribution >= 4 is 32.5 Å². The van der Waals surface area contributed by atoms with Crippen LogP contribution in [0.3, 0.4) is 0 Å². The third-order valence-corrected chi connectivity index (χ3v) is 6.98. The highest BCUT2D eigenvalue weighted by atomic mass is 32.2. The number of benzene rings is 3. The van der Waals surface area contributed by atoms with Gasteiger partial charge in [-0.3, -0.25) is 10.1 Å². The molecule has 1 heterocycles. The van der Waals surface area contributed by atoms with Crippen LogP contribution in [0.4, 0.5) is 6.01 Å². The Morgan fingerprint density at radius 1 is 1.00 bits per heavy atom. The first-order valence-corrected chi connectivity index (χ1v) is 11.5. The minimum atomic E-state index is -3.37. The number of carbonyl (C=O) groups is 1. The van der Waals surface area contributed by atoms with Gasteiger partial charge in [0.1, 0.15) is 5.75 Å².